The van der Waals surface area contributed by atoms with Crippen LogP contribution in [0.15, 0.2) is 77.7 Å². The van der Waals surface area contributed by atoms with Gasteiger partial charge in [-0.1, -0.05) is 54.1 Å². The van der Waals surface area contributed by atoms with Crippen LogP contribution in [0.5, 0.6) is 0 Å². The van der Waals surface area contributed by atoms with Crippen LogP contribution in [0.3, 0.4) is 0 Å². The average Bonchev–Trinajstić information content (AvgIpc) is 2.64. The molecule has 0 spiro atoms. The van der Waals surface area contributed by atoms with E-state index in [4.69, 9.17) is 0 Å². The standard InChI is InChI=1S/C23H23NOS/c1-17-8-11-20(18(2)14-17)15-23(25)24-21-12-9-19(10-13-21)16-26-22-6-4-3-5-7-22/h3-14H,15-16H2,1-2H3,(H,24,25). The summed E-state index contributed by atoms with van der Waals surface area (Å²) in [5.41, 5.74) is 5.53. The van der Waals surface area contributed by atoms with Crippen molar-refractivity contribution in [1.29, 1.82) is 0 Å². The van der Waals surface area contributed by atoms with Crippen LogP contribution in [-0.4, -0.2) is 5.91 Å². The maximum atomic E-state index is 12.3. The van der Waals surface area contributed by atoms with Crippen LogP contribution in [0.2, 0.25) is 0 Å². The van der Waals surface area contributed by atoms with Crippen molar-refractivity contribution in [3.8, 4) is 0 Å². The highest BCUT2D eigenvalue weighted by Crippen LogP contribution is 2.23. The van der Waals surface area contributed by atoms with E-state index >= 15 is 0 Å². The van der Waals surface area contributed by atoms with E-state index < -0.39 is 0 Å². The summed E-state index contributed by atoms with van der Waals surface area (Å²) < 4.78 is 0. The third-order valence-electron chi connectivity index (χ3n) is 4.24. The lowest BCUT2D eigenvalue weighted by Crippen LogP contribution is -2.15. The molecule has 0 aromatic heterocycles. The minimum absolute atomic E-state index is 0.0170. The second-order valence-corrected chi connectivity index (χ2v) is 7.50. The predicted octanol–water partition coefficient (Wildman–Crippen LogP) is 5.78. The molecule has 3 rings (SSSR count). The molecular formula is C23H23NOS. The molecule has 0 saturated carbocycles. The van der Waals surface area contributed by atoms with E-state index in [-0.39, 0.29) is 5.91 Å². The lowest BCUT2D eigenvalue weighted by molar-refractivity contribution is -0.115. The van der Waals surface area contributed by atoms with Crippen molar-refractivity contribution in [3.63, 3.8) is 0 Å². The molecule has 0 atom stereocenters. The van der Waals surface area contributed by atoms with E-state index in [0.717, 1.165) is 22.6 Å². The summed E-state index contributed by atoms with van der Waals surface area (Å²) in [6.45, 7) is 4.11. The third kappa shape index (κ3) is 5.24. The number of carbonyl (C=O) groups excluding carboxylic acids is 1. The van der Waals surface area contributed by atoms with Gasteiger partial charge in [0.2, 0.25) is 5.91 Å². The summed E-state index contributed by atoms with van der Waals surface area (Å²) >= 11 is 1.81. The smallest absolute Gasteiger partial charge is 0.228 e. The average molecular weight is 362 g/mol. The second-order valence-electron chi connectivity index (χ2n) is 6.45. The van der Waals surface area contributed by atoms with Crippen LogP contribution in [0.4, 0.5) is 5.69 Å². The van der Waals surface area contributed by atoms with Crippen LogP contribution >= 0.6 is 11.8 Å². The van der Waals surface area contributed by atoms with Crippen molar-refractivity contribution in [3.05, 3.63) is 95.1 Å². The zero-order valence-corrected chi connectivity index (χ0v) is 16.0. The summed E-state index contributed by atoms with van der Waals surface area (Å²) in [6, 6.07) is 24.7. The molecule has 132 valence electrons. The number of rotatable bonds is 6. The molecule has 0 aliphatic heterocycles. The van der Waals surface area contributed by atoms with E-state index in [9.17, 15) is 4.79 Å². The highest BCUT2D eigenvalue weighted by molar-refractivity contribution is 7.98. The van der Waals surface area contributed by atoms with Gasteiger partial charge in [-0.05, 0) is 54.8 Å². The predicted molar refractivity (Wildman–Crippen MR) is 111 cm³/mol. The minimum atomic E-state index is 0.0170. The molecule has 0 unspecified atom stereocenters. The van der Waals surface area contributed by atoms with Gasteiger partial charge in [-0.3, -0.25) is 4.79 Å². The van der Waals surface area contributed by atoms with Gasteiger partial charge in [-0.15, -0.1) is 11.8 Å². The van der Waals surface area contributed by atoms with Crippen LogP contribution in [-0.2, 0) is 17.0 Å². The zero-order valence-electron chi connectivity index (χ0n) is 15.2. The fourth-order valence-corrected chi connectivity index (χ4v) is 3.67. The number of hydrogen-bond acceptors (Lipinski definition) is 2. The van der Waals surface area contributed by atoms with E-state index in [2.05, 4.69) is 67.7 Å². The third-order valence-corrected chi connectivity index (χ3v) is 5.32. The van der Waals surface area contributed by atoms with Crippen molar-refractivity contribution in [2.45, 2.75) is 30.9 Å². The first kappa shape index (κ1) is 18.3. The lowest BCUT2D eigenvalue weighted by atomic mass is 10.0. The van der Waals surface area contributed by atoms with Crippen LogP contribution in [0.25, 0.3) is 0 Å². The number of anilines is 1. The van der Waals surface area contributed by atoms with Crippen molar-refractivity contribution < 1.29 is 4.79 Å². The number of thioether (sulfide) groups is 1. The van der Waals surface area contributed by atoms with E-state index in [1.54, 1.807) is 0 Å². The number of nitrogens with one attached hydrogen (secondary N) is 1. The zero-order chi connectivity index (χ0) is 18.4. The lowest BCUT2D eigenvalue weighted by Gasteiger charge is -2.09. The van der Waals surface area contributed by atoms with Gasteiger partial charge in [-0.25, -0.2) is 0 Å². The molecule has 1 N–H and O–H groups in total. The van der Waals surface area contributed by atoms with Gasteiger partial charge in [0.25, 0.3) is 0 Å². The van der Waals surface area contributed by atoms with Crippen LogP contribution < -0.4 is 5.32 Å². The Morgan fingerprint density at radius 3 is 2.35 bits per heavy atom. The van der Waals surface area contributed by atoms with Gasteiger partial charge in [-0.2, -0.15) is 0 Å². The SMILES string of the molecule is Cc1ccc(CC(=O)Nc2ccc(CSc3ccccc3)cc2)c(C)c1. The molecule has 26 heavy (non-hydrogen) atoms. The molecule has 3 aromatic rings. The van der Waals surface area contributed by atoms with Crippen molar-refractivity contribution in [2.24, 2.45) is 0 Å². The summed E-state index contributed by atoms with van der Waals surface area (Å²) in [4.78, 5) is 13.6. The second kappa shape index (κ2) is 8.72. The van der Waals surface area contributed by atoms with Crippen LogP contribution in [0.1, 0.15) is 22.3 Å². The number of hydrogen-bond donors (Lipinski definition) is 1. The summed E-state index contributed by atoms with van der Waals surface area (Å²) in [5, 5.41) is 2.99. The van der Waals surface area contributed by atoms with Gasteiger partial charge >= 0.3 is 0 Å². The molecule has 0 aliphatic rings. The first-order valence-corrected chi connectivity index (χ1v) is 9.71. The van der Waals surface area contributed by atoms with Crippen molar-refractivity contribution in [2.75, 3.05) is 5.32 Å². The monoisotopic (exact) mass is 361 g/mol. The van der Waals surface area contributed by atoms with E-state index in [1.807, 2.05) is 36.0 Å². The molecule has 1 amide bonds. The van der Waals surface area contributed by atoms with Gasteiger partial charge in [0.1, 0.15) is 0 Å². The molecule has 0 radical (unpaired) electrons. The largest absolute Gasteiger partial charge is 0.326 e. The van der Waals surface area contributed by atoms with Crippen molar-refractivity contribution >= 4 is 23.4 Å². The summed E-state index contributed by atoms with van der Waals surface area (Å²) in [5.74, 6) is 0.934. The number of carbonyl (C=O) groups is 1. The Labute approximate surface area is 159 Å². The molecular weight excluding hydrogens is 338 g/mol. The topological polar surface area (TPSA) is 29.1 Å². The molecule has 0 heterocycles. The Bertz CT molecular complexity index is 872. The van der Waals surface area contributed by atoms with Gasteiger partial charge < -0.3 is 5.32 Å². The number of amides is 1. The summed E-state index contributed by atoms with van der Waals surface area (Å²) in [6.07, 6.45) is 0.401. The highest BCUT2D eigenvalue weighted by atomic mass is 32.2. The quantitative estimate of drug-likeness (QED) is 0.564. The maximum Gasteiger partial charge on any atom is 0.228 e. The van der Waals surface area contributed by atoms with Crippen molar-refractivity contribution in [1.82, 2.24) is 0 Å². The molecule has 3 aromatic carbocycles. The first-order chi connectivity index (χ1) is 12.6. The fourth-order valence-electron chi connectivity index (χ4n) is 2.79. The van der Waals surface area contributed by atoms with E-state index in [1.165, 1.54) is 16.0 Å². The molecule has 0 bridgehead atoms. The first-order valence-electron chi connectivity index (χ1n) is 8.73. The highest BCUT2D eigenvalue weighted by Gasteiger charge is 2.07. The molecule has 0 fully saturated rings. The molecule has 3 heteroatoms. The van der Waals surface area contributed by atoms with Gasteiger partial charge in [0, 0.05) is 16.3 Å². The summed E-state index contributed by atoms with van der Waals surface area (Å²) in [7, 11) is 0. The Balaban J connectivity index is 1.54. The number of aryl methyl sites for hydroxylation is 2. The number of benzene rings is 3. The normalized spacial score (nSPS) is 10.5. The Morgan fingerprint density at radius 2 is 1.65 bits per heavy atom. The Kier molecular flexibility index (Phi) is 6.13. The maximum absolute atomic E-state index is 12.3. The fraction of sp³-hybridized carbons (Fsp3) is 0.174. The minimum Gasteiger partial charge on any atom is -0.326 e. The van der Waals surface area contributed by atoms with Gasteiger partial charge in [0.15, 0.2) is 0 Å². The van der Waals surface area contributed by atoms with Crippen LogP contribution in [0, 0.1) is 13.8 Å². The molecule has 0 saturated heterocycles. The Morgan fingerprint density at radius 1 is 0.923 bits per heavy atom. The Hall–Kier alpha value is -2.52. The van der Waals surface area contributed by atoms with Gasteiger partial charge in [0.05, 0.1) is 6.42 Å². The van der Waals surface area contributed by atoms with E-state index in [0.29, 0.717) is 6.42 Å². The molecule has 0 aliphatic carbocycles. The molecule has 2 nitrogen and oxygen atoms in total.